The molecule has 0 unspecified atom stereocenters. The molecule has 0 bridgehead atoms. The summed E-state index contributed by atoms with van der Waals surface area (Å²) in [5, 5.41) is 11.0. The molecule has 138 valence electrons. The fourth-order valence-corrected chi connectivity index (χ4v) is 3.55. The lowest BCUT2D eigenvalue weighted by Crippen LogP contribution is -2.22. The first-order valence-corrected chi connectivity index (χ1v) is 9.65. The van der Waals surface area contributed by atoms with Crippen LogP contribution in [0.4, 0.5) is 0 Å². The normalized spacial score (nSPS) is 11.4. The molecule has 4 nitrogen and oxygen atoms in total. The summed E-state index contributed by atoms with van der Waals surface area (Å²) in [7, 11) is 0. The molecule has 0 amide bonds. The SMILES string of the molecule is O=c1c2ccccc2nc(C=Cc2cc(Br)ccc2O)n1-c1ccccc1Cl. The summed E-state index contributed by atoms with van der Waals surface area (Å²) in [5.74, 6) is 0.544. The number of nitrogens with zero attached hydrogens (tertiary/aromatic N) is 2. The Morgan fingerprint density at radius 3 is 2.57 bits per heavy atom. The number of hydrogen-bond donors (Lipinski definition) is 1. The first kappa shape index (κ1) is 18.5. The molecule has 28 heavy (non-hydrogen) atoms. The fourth-order valence-electron chi connectivity index (χ4n) is 2.95. The summed E-state index contributed by atoms with van der Waals surface area (Å²) in [4.78, 5) is 17.9. The van der Waals surface area contributed by atoms with Gasteiger partial charge in [0.05, 0.1) is 21.6 Å². The third-order valence-corrected chi connectivity index (χ3v) is 5.11. The number of benzene rings is 3. The Hall–Kier alpha value is -2.89. The van der Waals surface area contributed by atoms with Crippen LogP contribution < -0.4 is 5.56 Å². The molecule has 0 fully saturated rings. The number of hydrogen-bond acceptors (Lipinski definition) is 3. The van der Waals surface area contributed by atoms with Crippen LogP contribution in [0, 0.1) is 0 Å². The Morgan fingerprint density at radius 2 is 1.75 bits per heavy atom. The predicted molar refractivity (Wildman–Crippen MR) is 117 cm³/mol. The minimum absolute atomic E-state index is 0.131. The minimum Gasteiger partial charge on any atom is -0.507 e. The van der Waals surface area contributed by atoms with Crippen LogP contribution in [-0.4, -0.2) is 14.7 Å². The van der Waals surface area contributed by atoms with Crippen molar-refractivity contribution in [3.05, 3.63) is 98.0 Å². The van der Waals surface area contributed by atoms with Gasteiger partial charge in [-0.3, -0.25) is 9.36 Å². The smallest absolute Gasteiger partial charge is 0.266 e. The number of aromatic nitrogens is 2. The highest BCUT2D eigenvalue weighted by molar-refractivity contribution is 9.10. The zero-order valence-corrected chi connectivity index (χ0v) is 16.9. The molecule has 0 saturated carbocycles. The summed E-state index contributed by atoms with van der Waals surface area (Å²) in [5.41, 5.74) is 1.53. The average molecular weight is 454 g/mol. The van der Waals surface area contributed by atoms with Crippen LogP contribution in [-0.2, 0) is 0 Å². The van der Waals surface area contributed by atoms with Gasteiger partial charge in [-0.05, 0) is 54.6 Å². The Bertz CT molecular complexity index is 1280. The van der Waals surface area contributed by atoms with Gasteiger partial charge in [-0.2, -0.15) is 0 Å². The van der Waals surface area contributed by atoms with Gasteiger partial charge in [0, 0.05) is 10.0 Å². The second-order valence-electron chi connectivity index (χ2n) is 6.12. The summed E-state index contributed by atoms with van der Waals surface area (Å²) in [6, 6.07) is 19.4. The van der Waals surface area contributed by atoms with Gasteiger partial charge < -0.3 is 5.11 Å². The van der Waals surface area contributed by atoms with E-state index in [9.17, 15) is 9.90 Å². The standard InChI is InChI=1S/C22H14BrClN2O2/c23-15-10-11-20(27)14(13-15)9-12-21-25-18-7-3-1-5-16(18)22(28)26(21)19-8-4-2-6-17(19)24/h1-13,27H. The molecule has 0 aliphatic rings. The number of rotatable bonds is 3. The molecular weight excluding hydrogens is 440 g/mol. The quantitative estimate of drug-likeness (QED) is 0.434. The molecule has 0 saturated heterocycles. The van der Waals surface area contributed by atoms with Crippen molar-refractivity contribution >= 4 is 50.6 Å². The van der Waals surface area contributed by atoms with Crippen LogP contribution in [0.25, 0.3) is 28.7 Å². The third kappa shape index (κ3) is 3.46. The average Bonchev–Trinajstić information content (AvgIpc) is 2.70. The van der Waals surface area contributed by atoms with E-state index in [2.05, 4.69) is 20.9 Å². The number of aromatic hydroxyl groups is 1. The van der Waals surface area contributed by atoms with E-state index in [1.807, 2.05) is 12.1 Å². The van der Waals surface area contributed by atoms with E-state index in [1.165, 1.54) is 4.57 Å². The van der Waals surface area contributed by atoms with Crippen molar-refractivity contribution in [2.24, 2.45) is 0 Å². The van der Waals surface area contributed by atoms with E-state index in [4.69, 9.17) is 11.6 Å². The van der Waals surface area contributed by atoms with Crippen molar-refractivity contribution in [1.29, 1.82) is 0 Å². The third-order valence-electron chi connectivity index (χ3n) is 4.30. The molecule has 3 aromatic carbocycles. The number of phenolic OH excluding ortho intramolecular Hbond substituents is 1. The molecule has 0 aliphatic heterocycles. The lowest BCUT2D eigenvalue weighted by atomic mass is 10.2. The minimum atomic E-state index is -0.211. The van der Waals surface area contributed by atoms with Crippen molar-refractivity contribution < 1.29 is 5.11 Å². The Labute approximate surface area is 174 Å². The van der Waals surface area contributed by atoms with E-state index in [0.717, 1.165) is 4.47 Å². The van der Waals surface area contributed by atoms with Crippen molar-refractivity contribution in [3.8, 4) is 11.4 Å². The van der Waals surface area contributed by atoms with E-state index < -0.39 is 0 Å². The van der Waals surface area contributed by atoms with Crippen LogP contribution in [0.3, 0.4) is 0 Å². The zero-order chi connectivity index (χ0) is 19.7. The first-order chi connectivity index (χ1) is 13.5. The van der Waals surface area contributed by atoms with Crippen LogP contribution in [0.2, 0.25) is 5.02 Å². The van der Waals surface area contributed by atoms with Gasteiger partial charge in [-0.25, -0.2) is 4.98 Å². The van der Waals surface area contributed by atoms with Crippen molar-refractivity contribution in [3.63, 3.8) is 0 Å². The molecule has 4 rings (SSSR count). The highest BCUT2D eigenvalue weighted by Gasteiger charge is 2.13. The van der Waals surface area contributed by atoms with Gasteiger partial charge in [0.25, 0.3) is 5.56 Å². The number of para-hydroxylation sites is 2. The Morgan fingerprint density at radius 1 is 1.00 bits per heavy atom. The molecule has 1 aromatic heterocycles. The largest absolute Gasteiger partial charge is 0.507 e. The maximum absolute atomic E-state index is 13.2. The summed E-state index contributed by atoms with van der Waals surface area (Å²) < 4.78 is 2.32. The van der Waals surface area contributed by atoms with E-state index >= 15 is 0 Å². The second kappa shape index (κ2) is 7.62. The maximum atomic E-state index is 13.2. The van der Waals surface area contributed by atoms with E-state index in [0.29, 0.717) is 33.0 Å². The Kier molecular flexibility index (Phi) is 5.03. The van der Waals surface area contributed by atoms with Gasteiger partial charge in [0.2, 0.25) is 0 Å². The highest BCUT2D eigenvalue weighted by Crippen LogP contribution is 2.25. The Balaban J connectivity index is 1.98. The first-order valence-electron chi connectivity index (χ1n) is 8.48. The second-order valence-corrected chi connectivity index (χ2v) is 7.44. The van der Waals surface area contributed by atoms with Gasteiger partial charge in [0.15, 0.2) is 0 Å². The molecule has 1 heterocycles. The number of phenols is 1. The van der Waals surface area contributed by atoms with Crippen molar-refractivity contribution in [2.45, 2.75) is 0 Å². The predicted octanol–water partition coefficient (Wildman–Crippen LogP) is 5.68. The van der Waals surface area contributed by atoms with Gasteiger partial charge in [-0.1, -0.05) is 51.8 Å². The highest BCUT2D eigenvalue weighted by atomic mass is 79.9. The van der Waals surface area contributed by atoms with Crippen LogP contribution in [0.15, 0.2) is 76.0 Å². The van der Waals surface area contributed by atoms with E-state index in [-0.39, 0.29) is 11.3 Å². The van der Waals surface area contributed by atoms with E-state index in [1.54, 1.807) is 66.7 Å². The monoisotopic (exact) mass is 452 g/mol. The topological polar surface area (TPSA) is 55.1 Å². The van der Waals surface area contributed by atoms with Gasteiger partial charge in [-0.15, -0.1) is 0 Å². The zero-order valence-electron chi connectivity index (χ0n) is 14.5. The molecule has 1 N–H and O–H groups in total. The number of halogens is 2. The van der Waals surface area contributed by atoms with Crippen LogP contribution in [0.1, 0.15) is 11.4 Å². The molecule has 0 spiro atoms. The lowest BCUT2D eigenvalue weighted by molar-refractivity contribution is 0.474. The molecule has 0 atom stereocenters. The van der Waals surface area contributed by atoms with Crippen molar-refractivity contribution in [2.75, 3.05) is 0 Å². The van der Waals surface area contributed by atoms with Gasteiger partial charge in [0.1, 0.15) is 11.6 Å². The fraction of sp³-hybridized carbons (Fsp3) is 0. The van der Waals surface area contributed by atoms with Crippen molar-refractivity contribution in [1.82, 2.24) is 9.55 Å². The summed E-state index contributed by atoms with van der Waals surface area (Å²) in [6.45, 7) is 0. The summed E-state index contributed by atoms with van der Waals surface area (Å²) >= 11 is 9.75. The molecule has 0 radical (unpaired) electrons. The maximum Gasteiger partial charge on any atom is 0.266 e. The van der Waals surface area contributed by atoms with Gasteiger partial charge >= 0.3 is 0 Å². The molecule has 4 aromatic rings. The molecule has 6 heteroatoms. The lowest BCUT2D eigenvalue weighted by Gasteiger charge is -2.12. The van der Waals surface area contributed by atoms with Crippen LogP contribution >= 0.6 is 27.5 Å². The summed E-state index contributed by atoms with van der Waals surface area (Å²) in [6.07, 6.45) is 3.41. The molecule has 0 aliphatic carbocycles. The number of fused-ring (bicyclic) bond motifs is 1. The molecular formula is C22H14BrClN2O2. The van der Waals surface area contributed by atoms with Crippen LogP contribution in [0.5, 0.6) is 5.75 Å².